The molecule has 0 aliphatic carbocycles. The summed E-state index contributed by atoms with van der Waals surface area (Å²) in [5, 5.41) is 7.73. The Labute approximate surface area is 259 Å². The first-order valence-electron chi connectivity index (χ1n) is 14.7. The van der Waals surface area contributed by atoms with Gasteiger partial charge in [0.15, 0.2) is 0 Å². The van der Waals surface area contributed by atoms with Gasteiger partial charge in [-0.3, -0.25) is 0 Å². The zero-order valence-electron chi connectivity index (χ0n) is 24.7. The molecule has 4 aromatic carbocycles. The second-order valence-electron chi connectivity index (χ2n) is 10.6. The molecule has 1 N–H and O–H groups in total. The molecule has 0 radical (unpaired) electrons. The molecule has 2 aliphatic heterocycles. The van der Waals surface area contributed by atoms with Gasteiger partial charge in [0.25, 0.3) is 0 Å². The molecule has 2 saturated heterocycles. The van der Waals surface area contributed by atoms with Crippen LogP contribution >= 0.6 is 11.6 Å². The van der Waals surface area contributed by atoms with Gasteiger partial charge >= 0.3 is 0 Å². The van der Waals surface area contributed by atoms with Crippen molar-refractivity contribution in [3.8, 4) is 5.75 Å². The molecule has 43 heavy (non-hydrogen) atoms. The van der Waals surface area contributed by atoms with Crippen molar-refractivity contribution >= 4 is 11.6 Å². The standard InChI is InChI=1S/C35H35ClO5.CH4O/c1-2-37-30-16-13-25(14-17-30)19-29-20-28(15-18-31(29)36)32-21-33(38-22-26-9-5-3-6-10-26)34(35(41-32)24-40-35)39-23-27-11-7-4-8-12-27;1-2/h3-18,20,32-34H,2,19,21-24H2,1H3;2H,1H3/t32?,33?,34-,35?;/m0./s1. The van der Waals surface area contributed by atoms with Crippen molar-refractivity contribution in [2.24, 2.45) is 0 Å². The van der Waals surface area contributed by atoms with Gasteiger partial charge in [-0.2, -0.15) is 0 Å². The maximum Gasteiger partial charge on any atom is 0.222 e. The Kier molecular flexibility index (Phi) is 10.9. The van der Waals surface area contributed by atoms with Crippen LogP contribution in [0, 0.1) is 0 Å². The Hall–Kier alpha value is -3.23. The number of halogens is 1. The summed E-state index contributed by atoms with van der Waals surface area (Å²) < 4.78 is 31.3. The first-order valence-corrected chi connectivity index (χ1v) is 15.1. The Balaban J connectivity index is 0.00000180. The molecule has 2 fully saturated rings. The minimum absolute atomic E-state index is 0.216. The van der Waals surface area contributed by atoms with Crippen LogP contribution in [0.15, 0.2) is 103 Å². The zero-order valence-corrected chi connectivity index (χ0v) is 25.4. The zero-order chi connectivity index (χ0) is 30.1. The molecule has 2 heterocycles. The van der Waals surface area contributed by atoms with Crippen molar-refractivity contribution in [1.29, 1.82) is 0 Å². The van der Waals surface area contributed by atoms with Crippen LogP contribution in [0.2, 0.25) is 5.02 Å². The minimum Gasteiger partial charge on any atom is -0.494 e. The number of rotatable bonds is 11. The third-order valence-electron chi connectivity index (χ3n) is 7.64. The topological polar surface area (TPSA) is 69.7 Å². The molecule has 0 saturated carbocycles. The number of aliphatic hydroxyl groups is 1. The molecule has 0 aromatic heterocycles. The molecule has 226 valence electrons. The molecular formula is C36H39ClO6. The van der Waals surface area contributed by atoms with E-state index in [1.807, 2.05) is 67.6 Å². The largest absolute Gasteiger partial charge is 0.494 e. The average Bonchev–Trinajstić information content (AvgIpc) is 3.82. The highest BCUT2D eigenvalue weighted by atomic mass is 35.5. The van der Waals surface area contributed by atoms with Crippen molar-refractivity contribution in [3.63, 3.8) is 0 Å². The second kappa shape index (κ2) is 15.0. The summed E-state index contributed by atoms with van der Waals surface area (Å²) in [7, 11) is 1.00. The Morgan fingerprint density at radius 1 is 0.814 bits per heavy atom. The van der Waals surface area contributed by atoms with Crippen LogP contribution in [0.25, 0.3) is 0 Å². The molecule has 2 aliphatic rings. The highest BCUT2D eigenvalue weighted by Gasteiger charge is 2.62. The van der Waals surface area contributed by atoms with Gasteiger partial charge < -0.3 is 28.8 Å². The fraction of sp³-hybridized carbons (Fsp3) is 0.333. The third kappa shape index (κ3) is 8.03. The fourth-order valence-electron chi connectivity index (χ4n) is 5.43. The van der Waals surface area contributed by atoms with Gasteiger partial charge in [-0.15, -0.1) is 0 Å². The molecule has 1 spiro atoms. The smallest absolute Gasteiger partial charge is 0.222 e. The van der Waals surface area contributed by atoms with E-state index < -0.39 is 5.79 Å². The van der Waals surface area contributed by atoms with E-state index in [1.165, 1.54) is 0 Å². The van der Waals surface area contributed by atoms with E-state index in [9.17, 15) is 0 Å². The molecule has 4 aromatic rings. The van der Waals surface area contributed by atoms with Crippen molar-refractivity contribution in [2.75, 3.05) is 20.3 Å². The van der Waals surface area contributed by atoms with E-state index in [1.54, 1.807) is 0 Å². The summed E-state index contributed by atoms with van der Waals surface area (Å²) >= 11 is 6.67. The van der Waals surface area contributed by atoms with Gasteiger partial charge in [-0.05, 0) is 59.4 Å². The fourth-order valence-corrected chi connectivity index (χ4v) is 5.61. The molecule has 6 nitrogen and oxygen atoms in total. The van der Waals surface area contributed by atoms with Crippen molar-refractivity contribution < 1.29 is 28.8 Å². The van der Waals surface area contributed by atoms with Gasteiger partial charge in [-0.1, -0.05) is 96.5 Å². The molecule has 0 amide bonds. The van der Waals surface area contributed by atoms with Crippen molar-refractivity contribution in [2.45, 2.75) is 57.1 Å². The van der Waals surface area contributed by atoms with E-state index in [0.717, 1.165) is 45.7 Å². The van der Waals surface area contributed by atoms with Crippen LogP contribution in [-0.4, -0.2) is 43.4 Å². The van der Waals surface area contributed by atoms with Crippen LogP contribution < -0.4 is 4.74 Å². The summed E-state index contributed by atoms with van der Waals surface area (Å²) in [6.07, 6.45) is 0.570. The summed E-state index contributed by atoms with van der Waals surface area (Å²) in [5.74, 6) is 0.0422. The first-order chi connectivity index (χ1) is 21.1. The van der Waals surface area contributed by atoms with Gasteiger partial charge in [0, 0.05) is 18.6 Å². The summed E-state index contributed by atoms with van der Waals surface area (Å²) in [6.45, 7) is 4.05. The lowest BCUT2D eigenvalue weighted by atomic mass is 9.92. The van der Waals surface area contributed by atoms with Crippen LogP contribution in [0.3, 0.4) is 0 Å². The van der Waals surface area contributed by atoms with Gasteiger partial charge in [0.2, 0.25) is 5.79 Å². The average molecular weight is 603 g/mol. The summed E-state index contributed by atoms with van der Waals surface area (Å²) in [5.41, 5.74) is 5.49. The molecule has 6 rings (SSSR count). The van der Waals surface area contributed by atoms with E-state index in [2.05, 4.69) is 42.5 Å². The quantitative estimate of drug-likeness (QED) is 0.182. The van der Waals surface area contributed by atoms with Gasteiger partial charge in [0.05, 0.1) is 32.0 Å². The highest BCUT2D eigenvalue weighted by molar-refractivity contribution is 6.31. The number of benzene rings is 4. The third-order valence-corrected chi connectivity index (χ3v) is 8.01. The Bertz CT molecular complexity index is 1410. The first kappa shape index (κ1) is 31.2. The Morgan fingerprint density at radius 2 is 1.44 bits per heavy atom. The predicted octanol–water partition coefficient (Wildman–Crippen LogP) is 7.30. The lowest BCUT2D eigenvalue weighted by Gasteiger charge is -2.40. The summed E-state index contributed by atoms with van der Waals surface area (Å²) in [6, 6.07) is 34.7. The molecule has 4 atom stereocenters. The maximum absolute atomic E-state index is 7.00. The number of ether oxygens (including phenoxy) is 5. The van der Waals surface area contributed by atoms with E-state index in [0.29, 0.717) is 39.3 Å². The van der Waals surface area contributed by atoms with Crippen LogP contribution in [0.4, 0.5) is 0 Å². The van der Waals surface area contributed by atoms with Gasteiger partial charge in [-0.25, -0.2) is 0 Å². The minimum atomic E-state index is -0.825. The number of hydrogen-bond acceptors (Lipinski definition) is 6. The molecule has 7 heteroatoms. The molecular weight excluding hydrogens is 564 g/mol. The normalized spacial score (nSPS) is 22.5. The van der Waals surface area contributed by atoms with E-state index in [-0.39, 0.29) is 18.3 Å². The maximum atomic E-state index is 7.00. The lowest BCUT2D eigenvalue weighted by molar-refractivity contribution is -0.252. The SMILES string of the molecule is CCOc1ccc(Cc2cc(C3CC(OCc4ccccc4)[C@H](OCc4ccccc4)C4(CO4)O3)ccc2Cl)cc1.CO. The van der Waals surface area contributed by atoms with E-state index >= 15 is 0 Å². The van der Waals surface area contributed by atoms with Crippen LogP contribution in [0.5, 0.6) is 5.75 Å². The summed E-state index contributed by atoms with van der Waals surface area (Å²) in [4.78, 5) is 0. The monoisotopic (exact) mass is 602 g/mol. The number of aliphatic hydroxyl groups excluding tert-OH is 1. The van der Waals surface area contributed by atoms with Crippen LogP contribution in [-0.2, 0) is 38.6 Å². The Morgan fingerprint density at radius 3 is 2.05 bits per heavy atom. The number of hydrogen-bond donors (Lipinski definition) is 1. The second-order valence-corrected chi connectivity index (χ2v) is 11.0. The highest BCUT2D eigenvalue weighted by Crippen LogP contribution is 2.48. The van der Waals surface area contributed by atoms with Crippen molar-refractivity contribution in [3.05, 3.63) is 136 Å². The molecule has 0 bridgehead atoms. The number of epoxide rings is 1. The lowest BCUT2D eigenvalue weighted by Crippen LogP contribution is -2.51. The van der Waals surface area contributed by atoms with Crippen molar-refractivity contribution in [1.82, 2.24) is 0 Å². The predicted molar refractivity (Wildman–Crippen MR) is 167 cm³/mol. The molecule has 3 unspecified atom stereocenters. The van der Waals surface area contributed by atoms with Gasteiger partial charge in [0.1, 0.15) is 18.5 Å². The van der Waals surface area contributed by atoms with E-state index in [4.69, 9.17) is 40.4 Å². The van der Waals surface area contributed by atoms with Crippen LogP contribution in [0.1, 0.15) is 47.3 Å².